The Hall–Kier alpha value is -3.94. The number of hydrogen-bond donors (Lipinski definition) is 3. The lowest BCUT2D eigenvalue weighted by molar-refractivity contribution is -0.141. The van der Waals surface area contributed by atoms with Gasteiger partial charge in [0.05, 0.1) is 17.2 Å². The number of aromatic amines is 1. The van der Waals surface area contributed by atoms with E-state index in [1.165, 1.54) is 10.9 Å². The fraction of sp³-hybridized carbons (Fsp3) is 0.182. The summed E-state index contributed by atoms with van der Waals surface area (Å²) in [6.07, 6.45) is 3.28. The summed E-state index contributed by atoms with van der Waals surface area (Å²) >= 11 is 0. The van der Waals surface area contributed by atoms with Crippen LogP contribution in [-0.2, 0) is 22.6 Å². The van der Waals surface area contributed by atoms with Crippen LogP contribution < -0.4 is 10.9 Å². The van der Waals surface area contributed by atoms with Gasteiger partial charge in [0.2, 0.25) is 5.91 Å². The summed E-state index contributed by atoms with van der Waals surface area (Å²) in [6, 6.07) is 13.5. The molecule has 0 aliphatic rings. The molecule has 2 heterocycles. The van der Waals surface area contributed by atoms with Crippen LogP contribution in [0.25, 0.3) is 21.8 Å². The summed E-state index contributed by atoms with van der Waals surface area (Å²) in [7, 11) is 0. The standard InChI is InChI=1S/C22H20N4O4/c27-20(9-10-26-13-24-18-8-4-2-6-16(18)21(26)28)25-19(22(29)30)11-14-12-23-17-7-3-1-5-15(14)17/h1-8,12-13,19,23H,9-11H2,(H,25,27)(H,29,30). The Balaban J connectivity index is 1.43. The number of carbonyl (C=O) groups excluding carboxylic acids is 1. The first-order valence-corrected chi connectivity index (χ1v) is 9.54. The van der Waals surface area contributed by atoms with E-state index >= 15 is 0 Å². The van der Waals surface area contributed by atoms with Gasteiger partial charge >= 0.3 is 5.97 Å². The number of aryl methyl sites for hydroxylation is 1. The summed E-state index contributed by atoms with van der Waals surface area (Å²) in [5, 5.41) is 13.5. The molecule has 0 bridgehead atoms. The summed E-state index contributed by atoms with van der Waals surface area (Å²) in [5.74, 6) is -1.56. The van der Waals surface area contributed by atoms with Crippen molar-refractivity contribution in [1.82, 2.24) is 19.9 Å². The lowest BCUT2D eigenvalue weighted by atomic mass is 10.0. The minimum Gasteiger partial charge on any atom is -0.480 e. The third-order valence-electron chi connectivity index (χ3n) is 5.04. The van der Waals surface area contributed by atoms with E-state index < -0.39 is 17.9 Å². The molecule has 8 nitrogen and oxygen atoms in total. The van der Waals surface area contributed by atoms with Crippen molar-refractivity contribution < 1.29 is 14.7 Å². The van der Waals surface area contributed by atoms with Crippen molar-refractivity contribution in [3.05, 3.63) is 77.0 Å². The van der Waals surface area contributed by atoms with E-state index in [9.17, 15) is 19.5 Å². The number of nitrogens with zero attached hydrogens (tertiary/aromatic N) is 2. The Morgan fingerprint density at radius 2 is 1.83 bits per heavy atom. The van der Waals surface area contributed by atoms with E-state index in [0.717, 1.165) is 16.5 Å². The second-order valence-electron chi connectivity index (χ2n) is 7.03. The summed E-state index contributed by atoms with van der Waals surface area (Å²) < 4.78 is 1.36. The van der Waals surface area contributed by atoms with Crippen LogP contribution in [0.5, 0.6) is 0 Å². The van der Waals surface area contributed by atoms with E-state index in [4.69, 9.17) is 0 Å². The van der Waals surface area contributed by atoms with Gasteiger partial charge in [-0.3, -0.25) is 14.2 Å². The Labute approximate surface area is 171 Å². The summed E-state index contributed by atoms with van der Waals surface area (Å²) in [5.41, 5.74) is 2.08. The number of benzene rings is 2. The molecule has 1 unspecified atom stereocenters. The fourth-order valence-corrected chi connectivity index (χ4v) is 3.47. The van der Waals surface area contributed by atoms with Crippen LogP contribution in [0.3, 0.4) is 0 Å². The molecule has 0 aliphatic heterocycles. The van der Waals surface area contributed by atoms with Crippen molar-refractivity contribution in [2.75, 3.05) is 0 Å². The van der Waals surface area contributed by atoms with E-state index in [0.29, 0.717) is 10.9 Å². The maximum Gasteiger partial charge on any atom is 0.326 e. The average molecular weight is 404 g/mol. The minimum atomic E-state index is -1.11. The predicted octanol–water partition coefficient (Wildman–Crippen LogP) is 2.08. The topological polar surface area (TPSA) is 117 Å². The highest BCUT2D eigenvalue weighted by atomic mass is 16.4. The highest BCUT2D eigenvalue weighted by Gasteiger charge is 2.22. The lowest BCUT2D eigenvalue weighted by Gasteiger charge is -2.14. The Kier molecular flexibility index (Phi) is 5.30. The zero-order chi connectivity index (χ0) is 21.1. The summed E-state index contributed by atoms with van der Waals surface area (Å²) in [4.78, 5) is 43.9. The van der Waals surface area contributed by atoms with Gasteiger partial charge in [-0.2, -0.15) is 0 Å². The second kappa shape index (κ2) is 8.20. The second-order valence-corrected chi connectivity index (χ2v) is 7.03. The number of hydrogen-bond acceptors (Lipinski definition) is 4. The highest BCUT2D eigenvalue weighted by molar-refractivity contribution is 5.86. The number of carbonyl (C=O) groups is 2. The first-order chi connectivity index (χ1) is 14.5. The van der Waals surface area contributed by atoms with Gasteiger partial charge in [-0.25, -0.2) is 9.78 Å². The number of fused-ring (bicyclic) bond motifs is 2. The number of para-hydroxylation sites is 2. The zero-order valence-electron chi connectivity index (χ0n) is 16.0. The normalized spacial score (nSPS) is 12.1. The summed E-state index contributed by atoms with van der Waals surface area (Å²) in [6.45, 7) is 0.113. The van der Waals surface area contributed by atoms with Crippen LogP contribution >= 0.6 is 0 Å². The molecule has 1 atom stereocenters. The van der Waals surface area contributed by atoms with E-state index in [-0.39, 0.29) is 24.9 Å². The molecule has 0 aliphatic carbocycles. The SMILES string of the molecule is O=C(CCn1cnc2ccccc2c1=O)NC(Cc1c[nH]c2ccccc12)C(=O)O. The monoisotopic (exact) mass is 404 g/mol. The molecule has 152 valence electrons. The molecule has 0 radical (unpaired) electrons. The number of aliphatic carboxylic acids is 1. The molecule has 4 rings (SSSR count). The van der Waals surface area contributed by atoms with Crippen LogP contribution in [-0.4, -0.2) is 37.6 Å². The van der Waals surface area contributed by atoms with Crippen LogP contribution in [0, 0.1) is 0 Å². The molecule has 0 saturated heterocycles. The molecule has 2 aromatic heterocycles. The molecule has 4 aromatic rings. The number of rotatable bonds is 7. The van der Waals surface area contributed by atoms with Crippen molar-refractivity contribution >= 4 is 33.7 Å². The number of amides is 1. The molecule has 0 fully saturated rings. The minimum absolute atomic E-state index is 0.0302. The molecular weight excluding hydrogens is 384 g/mol. The molecule has 8 heteroatoms. The highest BCUT2D eigenvalue weighted by Crippen LogP contribution is 2.19. The van der Waals surface area contributed by atoms with Crippen molar-refractivity contribution in [2.24, 2.45) is 0 Å². The first-order valence-electron chi connectivity index (χ1n) is 9.54. The zero-order valence-corrected chi connectivity index (χ0v) is 16.0. The van der Waals surface area contributed by atoms with E-state index in [1.54, 1.807) is 30.5 Å². The smallest absolute Gasteiger partial charge is 0.326 e. The van der Waals surface area contributed by atoms with Gasteiger partial charge < -0.3 is 15.4 Å². The van der Waals surface area contributed by atoms with Crippen molar-refractivity contribution in [1.29, 1.82) is 0 Å². The molecule has 2 aromatic carbocycles. The van der Waals surface area contributed by atoms with Crippen LogP contribution in [0.4, 0.5) is 0 Å². The lowest BCUT2D eigenvalue weighted by Crippen LogP contribution is -2.42. The van der Waals surface area contributed by atoms with E-state index in [1.807, 2.05) is 24.3 Å². The molecule has 0 saturated carbocycles. The Morgan fingerprint density at radius 1 is 1.10 bits per heavy atom. The molecule has 30 heavy (non-hydrogen) atoms. The first kappa shape index (κ1) is 19.4. The predicted molar refractivity (Wildman–Crippen MR) is 112 cm³/mol. The maximum absolute atomic E-state index is 12.5. The molecule has 0 spiro atoms. The third kappa shape index (κ3) is 3.93. The van der Waals surface area contributed by atoms with Crippen LogP contribution in [0.15, 0.2) is 65.8 Å². The van der Waals surface area contributed by atoms with Gasteiger partial charge in [0.15, 0.2) is 0 Å². The average Bonchev–Trinajstić information content (AvgIpc) is 3.16. The maximum atomic E-state index is 12.5. The van der Waals surface area contributed by atoms with Gasteiger partial charge in [0, 0.05) is 36.5 Å². The molecule has 3 N–H and O–H groups in total. The van der Waals surface area contributed by atoms with Gasteiger partial charge in [-0.05, 0) is 23.8 Å². The van der Waals surface area contributed by atoms with Crippen molar-refractivity contribution in [3.8, 4) is 0 Å². The van der Waals surface area contributed by atoms with Gasteiger partial charge in [-0.1, -0.05) is 30.3 Å². The van der Waals surface area contributed by atoms with Gasteiger partial charge in [0.25, 0.3) is 5.56 Å². The fourth-order valence-electron chi connectivity index (χ4n) is 3.47. The number of aromatic nitrogens is 3. The van der Waals surface area contributed by atoms with Crippen molar-refractivity contribution in [2.45, 2.75) is 25.4 Å². The Morgan fingerprint density at radius 3 is 2.63 bits per heavy atom. The molecular formula is C22H20N4O4. The number of carboxylic acids is 1. The number of H-pyrrole nitrogens is 1. The number of nitrogens with one attached hydrogen (secondary N) is 2. The van der Waals surface area contributed by atoms with Gasteiger partial charge in [0.1, 0.15) is 6.04 Å². The largest absolute Gasteiger partial charge is 0.480 e. The van der Waals surface area contributed by atoms with Gasteiger partial charge in [-0.15, -0.1) is 0 Å². The number of carboxylic acid groups (broad SMARTS) is 1. The van der Waals surface area contributed by atoms with E-state index in [2.05, 4.69) is 15.3 Å². The molecule has 1 amide bonds. The Bertz CT molecular complexity index is 1290. The van der Waals surface area contributed by atoms with Crippen molar-refractivity contribution in [3.63, 3.8) is 0 Å². The third-order valence-corrected chi connectivity index (χ3v) is 5.04. The van der Waals surface area contributed by atoms with Crippen LogP contribution in [0.2, 0.25) is 0 Å². The van der Waals surface area contributed by atoms with Crippen LogP contribution in [0.1, 0.15) is 12.0 Å². The quantitative estimate of drug-likeness (QED) is 0.436.